The molecule has 0 spiro atoms. The van der Waals surface area contributed by atoms with Gasteiger partial charge in [-0.25, -0.2) is 0 Å². The first-order chi connectivity index (χ1) is 7.14. The molecule has 15 heavy (non-hydrogen) atoms. The minimum atomic E-state index is -0.616. The van der Waals surface area contributed by atoms with Gasteiger partial charge in [-0.05, 0) is 49.1 Å². The molecule has 1 unspecified atom stereocenters. The minimum Gasteiger partial charge on any atom is -0.385 e. The van der Waals surface area contributed by atoms with Crippen molar-refractivity contribution >= 4 is 11.8 Å². The lowest BCUT2D eigenvalue weighted by Crippen LogP contribution is -2.23. The van der Waals surface area contributed by atoms with Gasteiger partial charge in [-0.15, -0.1) is 11.8 Å². The third-order valence-electron chi connectivity index (χ3n) is 3.12. The van der Waals surface area contributed by atoms with Crippen LogP contribution in [0.3, 0.4) is 0 Å². The van der Waals surface area contributed by atoms with Crippen molar-refractivity contribution in [1.29, 1.82) is 0 Å². The van der Waals surface area contributed by atoms with Crippen LogP contribution < -0.4 is 0 Å². The molecule has 1 N–H and O–H groups in total. The highest BCUT2D eigenvalue weighted by Crippen LogP contribution is 2.45. The van der Waals surface area contributed by atoms with Crippen molar-refractivity contribution < 1.29 is 5.11 Å². The van der Waals surface area contributed by atoms with E-state index in [1.807, 2.05) is 18.7 Å². The van der Waals surface area contributed by atoms with E-state index in [1.54, 1.807) is 0 Å². The van der Waals surface area contributed by atoms with Crippen LogP contribution in [0, 0.1) is 5.92 Å². The molecule has 1 aliphatic rings. The fraction of sp³-hybridized carbons (Fsp3) is 0.538. The highest BCUT2D eigenvalue weighted by atomic mass is 32.2. The monoisotopic (exact) mass is 222 g/mol. The maximum Gasteiger partial charge on any atom is 0.0896 e. The topological polar surface area (TPSA) is 20.2 Å². The predicted octanol–water partition coefficient (Wildman–Crippen LogP) is 3.42. The Morgan fingerprint density at radius 1 is 1.33 bits per heavy atom. The second-order valence-electron chi connectivity index (χ2n) is 4.38. The second kappa shape index (κ2) is 4.18. The Labute approximate surface area is 95.9 Å². The van der Waals surface area contributed by atoms with Crippen molar-refractivity contribution in [1.82, 2.24) is 0 Å². The predicted molar refractivity (Wildman–Crippen MR) is 65.1 cm³/mol. The van der Waals surface area contributed by atoms with E-state index in [0.29, 0.717) is 5.92 Å². The van der Waals surface area contributed by atoms with E-state index >= 15 is 0 Å². The van der Waals surface area contributed by atoms with Crippen molar-refractivity contribution in [2.75, 3.05) is 5.75 Å². The molecule has 1 aromatic rings. The lowest BCUT2D eigenvalue weighted by Gasteiger charge is -2.23. The van der Waals surface area contributed by atoms with Crippen LogP contribution in [0.25, 0.3) is 0 Å². The van der Waals surface area contributed by atoms with Gasteiger partial charge in [0.15, 0.2) is 0 Å². The summed E-state index contributed by atoms with van der Waals surface area (Å²) >= 11 is 1.84. The third-order valence-corrected chi connectivity index (χ3v) is 4.02. The molecule has 1 aromatic carbocycles. The normalized spacial score (nSPS) is 19.9. The lowest BCUT2D eigenvalue weighted by atomic mass is 9.91. The number of thioether (sulfide) groups is 1. The van der Waals surface area contributed by atoms with E-state index in [1.165, 1.54) is 17.7 Å². The van der Waals surface area contributed by atoms with Crippen molar-refractivity contribution in [2.45, 2.75) is 37.2 Å². The molecule has 0 heterocycles. The molecule has 1 fully saturated rings. The highest BCUT2D eigenvalue weighted by molar-refractivity contribution is 7.99. The third kappa shape index (κ3) is 2.37. The molecule has 1 saturated carbocycles. The summed E-state index contributed by atoms with van der Waals surface area (Å²) in [7, 11) is 0. The molecular formula is C13H18OS. The molecular weight excluding hydrogens is 204 g/mol. The quantitative estimate of drug-likeness (QED) is 0.788. The zero-order chi connectivity index (χ0) is 10.9. The Morgan fingerprint density at radius 3 is 2.40 bits per heavy atom. The molecule has 2 heteroatoms. The number of rotatable bonds is 4. The Hall–Kier alpha value is -0.470. The lowest BCUT2D eigenvalue weighted by molar-refractivity contribution is 0.0330. The van der Waals surface area contributed by atoms with Crippen LogP contribution in [0.4, 0.5) is 0 Å². The van der Waals surface area contributed by atoms with Crippen LogP contribution in [0.1, 0.15) is 32.3 Å². The van der Waals surface area contributed by atoms with Crippen LogP contribution >= 0.6 is 11.8 Å². The Kier molecular flexibility index (Phi) is 3.08. The zero-order valence-electron chi connectivity index (χ0n) is 9.36. The van der Waals surface area contributed by atoms with Gasteiger partial charge in [-0.1, -0.05) is 19.1 Å². The summed E-state index contributed by atoms with van der Waals surface area (Å²) in [4.78, 5) is 1.29. The first-order valence-electron chi connectivity index (χ1n) is 5.60. The molecule has 1 aliphatic carbocycles. The fourth-order valence-corrected chi connectivity index (χ4v) is 2.60. The van der Waals surface area contributed by atoms with Crippen molar-refractivity contribution in [3.63, 3.8) is 0 Å². The first kappa shape index (κ1) is 11.0. The van der Waals surface area contributed by atoms with Gasteiger partial charge in [0.25, 0.3) is 0 Å². The van der Waals surface area contributed by atoms with Crippen LogP contribution in [0.5, 0.6) is 0 Å². The molecule has 82 valence electrons. The van der Waals surface area contributed by atoms with Gasteiger partial charge in [0.1, 0.15) is 0 Å². The van der Waals surface area contributed by atoms with E-state index < -0.39 is 5.60 Å². The van der Waals surface area contributed by atoms with E-state index in [4.69, 9.17) is 0 Å². The van der Waals surface area contributed by atoms with E-state index in [-0.39, 0.29) is 0 Å². The van der Waals surface area contributed by atoms with Gasteiger partial charge in [0, 0.05) is 4.90 Å². The molecule has 0 amide bonds. The van der Waals surface area contributed by atoms with Gasteiger partial charge >= 0.3 is 0 Å². The van der Waals surface area contributed by atoms with Crippen LogP contribution in [0.2, 0.25) is 0 Å². The molecule has 0 saturated heterocycles. The SMILES string of the molecule is CCSc1ccc(C(C)(O)C2CC2)cc1. The first-order valence-corrected chi connectivity index (χ1v) is 6.59. The highest BCUT2D eigenvalue weighted by Gasteiger charge is 2.40. The summed E-state index contributed by atoms with van der Waals surface area (Å²) in [5.74, 6) is 1.57. The molecule has 1 atom stereocenters. The molecule has 0 aliphatic heterocycles. The fourth-order valence-electron chi connectivity index (χ4n) is 1.94. The smallest absolute Gasteiger partial charge is 0.0896 e. The van der Waals surface area contributed by atoms with E-state index in [2.05, 4.69) is 31.2 Å². The largest absolute Gasteiger partial charge is 0.385 e. The van der Waals surface area contributed by atoms with E-state index in [0.717, 1.165) is 11.3 Å². The van der Waals surface area contributed by atoms with Crippen molar-refractivity contribution in [3.05, 3.63) is 29.8 Å². The number of benzene rings is 1. The maximum atomic E-state index is 10.3. The molecule has 1 nitrogen and oxygen atoms in total. The Bertz CT molecular complexity index is 325. The Balaban J connectivity index is 2.15. The summed E-state index contributed by atoms with van der Waals surface area (Å²) in [6.07, 6.45) is 2.33. The van der Waals surface area contributed by atoms with Crippen molar-refractivity contribution in [3.8, 4) is 0 Å². The summed E-state index contributed by atoms with van der Waals surface area (Å²) in [6, 6.07) is 8.35. The van der Waals surface area contributed by atoms with Gasteiger partial charge in [0.2, 0.25) is 0 Å². The van der Waals surface area contributed by atoms with Gasteiger partial charge in [-0.3, -0.25) is 0 Å². The van der Waals surface area contributed by atoms with Crippen LogP contribution in [0.15, 0.2) is 29.2 Å². The minimum absolute atomic E-state index is 0.474. The second-order valence-corrected chi connectivity index (χ2v) is 5.72. The Morgan fingerprint density at radius 2 is 1.93 bits per heavy atom. The molecule has 0 radical (unpaired) electrons. The van der Waals surface area contributed by atoms with Gasteiger partial charge in [-0.2, -0.15) is 0 Å². The summed E-state index contributed by atoms with van der Waals surface area (Å²) in [6.45, 7) is 4.09. The average Bonchev–Trinajstić information content (AvgIpc) is 3.02. The van der Waals surface area contributed by atoms with E-state index in [9.17, 15) is 5.11 Å². The van der Waals surface area contributed by atoms with Crippen LogP contribution in [-0.4, -0.2) is 10.9 Å². The van der Waals surface area contributed by atoms with Gasteiger partial charge in [0.05, 0.1) is 5.60 Å². The molecule has 0 bridgehead atoms. The number of hydrogen-bond acceptors (Lipinski definition) is 2. The maximum absolute atomic E-state index is 10.3. The molecule has 0 aromatic heterocycles. The zero-order valence-corrected chi connectivity index (χ0v) is 10.2. The summed E-state index contributed by atoms with van der Waals surface area (Å²) in [5.41, 5.74) is 0.445. The summed E-state index contributed by atoms with van der Waals surface area (Å²) in [5, 5.41) is 10.3. The van der Waals surface area contributed by atoms with Crippen LogP contribution in [-0.2, 0) is 5.60 Å². The average molecular weight is 222 g/mol. The number of hydrogen-bond donors (Lipinski definition) is 1. The summed E-state index contributed by atoms with van der Waals surface area (Å²) < 4.78 is 0. The molecule has 2 rings (SSSR count). The van der Waals surface area contributed by atoms with Gasteiger partial charge < -0.3 is 5.11 Å². The van der Waals surface area contributed by atoms with Crippen molar-refractivity contribution in [2.24, 2.45) is 5.92 Å². The number of aliphatic hydroxyl groups is 1. The standard InChI is InChI=1S/C13H18OS/c1-3-15-12-8-6-11(7-9-12)13(2,14)10-4-5-10/h6-10,14H,3-5H2,1-2H3.